The molecule has 0 unspecified atom stereocenters. The van der Waals surface area contributed by atoms with Crippen LogP contribution in [0.4, 0.5) is 0 Å². The number of aliphatic hydroxyl groups is 1. The largest absolute Gasteiger partial charge is 0.382 e. The Kier molecular flexibility index (Phi) is 6.23. The summed E-state index contributed by atoms with van der Waals surface area (Å²) < 4.78 is 0.946. The zero-order valence-electron chi connectivity index (χ0n) is 25.9. The van der Waals surface area contributed by atoms with Crippen molar-refractivity contribution in [3.05, 3.63) is 127 Å². The number of para-hydroxylation sites is 1. The van der Waals surface area contributed by atoms with Crippen LogP contribution in [0.3, 0.4) is 0 Å². The number of rotatable bonds is 5. The number of quaternary nitrogens is 1. The van der Waals surface area contributed by atoms with Gasteiger partial charge < -0.3 is 9.59 Å². The molecule has 0 radical (unpaired) electrons. The van der Waals surface area contributed by atoms with Crippen molar-refractivity contribution >= 4 is 54.0 Å². The van der Waals surface area contributed by atoms with E-state index in [1.165, 1.54) is 61.5 Å². The van der Waals surface area contributed by atoms with E-state index in [0.717, 1.165) is 47.0 Å². The minimum atomic E-state index is -0.539. The molecule has 3 aliphatic heterocycles. The predicted molar refractivity (Wildman–Crippen MR) is 187 cm³/mol. The number of aromatic nitrogens is 1. The van der Waals surface area contributed by atoms with E-state index in [2.05, 4.69) is 115 Å². The lowest BCUT2D eigenvalue weighted by Crippen LogP contribution is -2.67. The van der Waals surface area contributed by atoms with Gasteiger partial charge in [-0.05, 0) is 79.2 Å². The molecule has 222 valence electrons. The average molecular weight is 588 g/mol. The van der Waals surface area contributed by atoms with Crippen molar-refractivity contribution in [2.45, 2.75) is 44.9 Å². The summed E-state index contributed by atoms with van der Waals surface area (Å²) in [5, 5.41) is 24.1. The molecule has 3 heteroatoms. The Labute approximate surface area is 264 Å². The smallest absolute Gasteiger partial charge is 0.131 e. The highest BCUT2D eigenvalue weighted by Gasteiger charge is 2.54. The van der Waals surface area contributed by atoms with Crippen molar-refractivity contribution in [1.29, 1.82) is 0 Å². The van der Waals surface area contributed by atoms with Crippen LogP contribution in [0, 0.1) is 11.8 Å². The molecule has 0 saturated carbocycles. The van der Waals surface area contributed by atoms with Gasteiger partial charge in [-0.25, -0.2) is 0 Å². The summed E-state index contributed by atoms with van der Waals surface area (Å²) in [7, 11) is 0. The van der Waals surface area contributed by atoms with E-state index in [4.69, 9.17) is 0 Å². The van der Waals surface area contributed by atoms with Gasteiger partial charge in [-0.3, -0.25) is 4.98 Å². The van der Waals surface area contributed by atoms with Crippen LogP contribution in [-0.4, -0.2) is 33.7 Å². The molecule has 1 aromatic heterocycles. The van der Waals surface area contributed by atoms with E-state index >= 15 is 0 Å². The van der Waals surface area contributed by atoms with Crippen molar-refractivity contribution in [2.75, 3.05) is 13.1 Å². The molecule has 10 rings (SSSR count). The van der Waals surface area contributed by atoms with E-state index in [0.29, 0.717) is 11.8 Å². The number of nitrogens with zero attached hydrogens (tertiary/aromatic N) is 2. The molecule has 0 amide bonds. The maximum atomic E-state index is 12.4. The normalized spacial score (nSPS) is 23.8. The molecule has 2 bridgehead atoms. The Balaban J connectivity index is 1.28. The lowest BCUT2D eigenvalue weighted by molar-refractivity contribution is -0.985. The lowest BCUT2D eigenvalue weighted by atomic mass is 9.70. The second kappa shape index (κ2) is 10.4. The van der Waals surface area contributed by atoms with Crippen molar-refractivity contribution in [2.24, 2.45) is 11.8 Å². The fourth-order valence-corrected chi connectivity index (χ4v) is 9.48. The van der Waals surface area contributed by atoms with Gasteiger partial charge in [-0.1, -0.05) is 97.9 Å². The first kappa shape index (κ1) is 27.0. The number of fused-ring (bicyclic) bond motifs is 11. The highest BCUT2D eigenvalue weighted by molar-refractivity contribution is 6.23. The Bertz CT molecular complexity index is 2250. The highest BCUT2D eigenvalue weighted by atomic mass is 16.3. The van der Waals surface area contributed by atoms with Crippen LogP contribution in [0.1, 0.15) is 43.4 Å². The van der Waals surface area contributed by atoms with E-state index in [1.807, 2.05) is 12.3 Å². The second-order valence-corrected chi connectivity index (χ2v) is 13.8. The maximum absolute atomic E-state index is 12.4. The predicted octanol–water partition coefficient (Wildman–Crippen LogP) is 9.72. The summed E-state index contributed by atoms with van der Waals surface area (Å²) in [4.78, 5) is 4.63. The first-order chi connectivity index (χ1) is 22.1. The van der Waals surface area contributed by atoms with Gasteiger partial charge in [0.15, 0.2) is 0 Å². The molecule has 1 N–H and O–H groups in total. The van der Waals surface area contributed by atoms with Crippen molar-refractivity contribution < 1.29 is 9.59 Å². The van der Waals surface area contributed by atoms with Gasteiger partial charge in [-0.15, -0.1) is 0 Å². The molecule has 6 aromatic carbocycles. The van der Waals surface area contributed by atoms with Gasteiger partial charge in [0.25, 0.3) is 0 Å². The molecule has 4 heterocycles. The number of aliphatic hydroxyl groups excluding tert-OH is 1. The van der Waals surface area contributed by atoms with Crippen molar-refractivity contribution in [3.8, 4) is 0 Å². The topological polar surface area (TPSA) is 33.1 Å². The maximum Gasteiger partial charge on any atom is 0.131 e. The summed E-state index contributed by atoms with van der Waals surface area (Å²) in [6.07, 6.45) is 4.87. The van der Waals surface area contributed by atoms with E-state index in [9.17, 15) is 5.11 Å². The van der Waals surface area contributed by atoms with Crippen LogP contribution in [0.15, 0.2) is 115 Å². The van der Waals surface area contributed by atoms with Gasteiger partial charge >= 0.3 is 0 Å². The van der Waals surface area contributed by atoms with Crippen molar-refractivity contribution in [1.82, 2.24) is 4.98 Å². The minimum Gasteiger partial charge on any atom is -0.382 e. The summed E-state index contributed by atoms with van der Waals surface area (Å²) in [6, 6.07) is 40.0. The van der Waals surface area contributed by atoms with E-state index in [1.54, 1.807) is 0 Å². The number of hydrogen-bond donors (Lipinski definition) is 1. The second-order valence-electron chi connectivity index (χ2n) is 13.8. The fourth-order valence-electron chi connectivity index (χ4n) is 9.48. The summed E-state index contributed by atoms with van der Waals surface area (Å²) in [6.45, 7) is 5.55. The zero-order chi connectivity index (χ0) is 30.1. The third-order valence-electron chi connectivity index (χ3n) is 11.7. The van der Waals surface area contributed by atoms with Gasteiger partial charge in [0.05, 0.1) is 18.6 Å². The number of benzene rings is 6. The van der Waals surface area contributed by atoms with Crippen LogP contribution in [0.5, 0.6) is 0 Å². The Hall–Kier alpha value is -4.31. The highest BCUT2D eigenvalue weighted by Crippen LogP contribution is 2.50. The van der Waals surface area contributed by atoms with E-state index in [-0.39, 0.29) is 6.04 Å². The van der Waals surface area contributed by atoms with Crippen LogP contribution in [0.25, 0.3) is 54.0 Å². The molecule has 3 nitrogen and oxygen atoms in total. The van der Waals surface area contributed by atoms with Crippen LogP contribution in [0.2, 0.25) is 0 Å². The van der Waals surface area contributed by atoms with Crippen LogP contribution < -0.4 is 0 Å². The number of hydrogen-bond acceptors (Lipinski definition) is 2. The van der Waals surface area contributed by atoms with Gasteiger partial charge in [-0.2, -0.15) is 0 Å². The summed E-state index contributed by atoms with van der Waals surface area (Å²) >= 11 is 0. The van der Waals surface area contributed by atoms with Crippen molar-refractivity contribution in [3.63, 3.8) is 0 Å². The quantitative estimate of drug-likeness (QED) is 0.161. The lowest BCUT2D eigenvalue weighted by Gasteiger charge is -2.58. The van der Waals surface area contributed by atoms with Gasteiger partial charge in [0.1, 0.15) is 18.7 Å². The summed E-state index contributed by atoms with van der Waals surface area (Å²) in [5.74, 6) is 1.38. The molecule has 3 aliphatic rings. The minimum absolute atomic E-state index is 0.144. The zero-order valence-corrected chi connectivity index (χ0v) is 25.9. The molecule has 5 atom stereocenters. The molecule has 3 saturated heterocycles. The van der Waals surface area contributed by atoms with Crippen LogP contribution >= 0.6 is 0 Å². The molecule has 0 aliphatic carbocycles. The van der Waals surface area contributed by atoms with E-state index < -0.39 is 6.10 Å². The first-order valence-corrected chi connectivity index (χ1v) is 16.8. The molecular weight excluding hydrogens is 548 g/mol. The number of pyridine rings is 1. The first-order valence-electron chi connectivity index (χ1n) is 16.8. The summed E-state index contributed by atoms with van der Waals surface area (Å²) in [5.41, 5.74) is 3.41. The SMILES string of the molecule is CC[C@H]1C[N@+]2(Cc3cc4c5ccccc5ccc4c4ccc5ccccc5c34)CC[C@H]1C[C@@H]2[C@@H](O)c1ccnc2ccccc12. The molecule has 45 heavy (non-hydrogen) atoms. The molecule has 7 aromatic rings. The van der Waals surface area contributed by atoms with Gasteiger partial charge in [0, 0.05) is 35.9 Å². The monoisotopic (exact) mass is 587 g/mol. The number of piperidine rings is 3. The molecule has 3 fully saturated rings. The molecule has 0 spiro atoms. The Morgan fingerprint density at radius 1 is 0.756 bits per heavy atom. The van der Waals surface area contributed by atoms with Gasteiger partial charge in [0.2, 0.25) is 0 Å². The van der Waals surface area contributed by atoms with Crippen LogP contribution in [-0.2, 0) is 6.54 Å². The standard InChI is InChI=1S/C42H39N2O/c1-2-27-25-44(22-20-30(27)24-40(44)42(45)37-19-21-43-39-14-8-7-13-35(37)39)26-31-23-38-32-11-5-3-9-28(32)15-17-34(38)36-18-16-29-10-4-6-12-33(29)41(31)36/h3-19,21,23,27,30,40,42,45H,2,20,22,24-26H2,1H3/q+1/t27-,30-,40+,42-,44-/m0/s1. The third kappa shape index (κ3) is 4.14. The molecular formula is C42H39N2O+. The third-order valence-corrected chi connectivity index (χ3v) is 11.7. The average Bonchev–Trinajstić information content (AvgIpc) is 3.10. The Morgan fingerprint density at radius 2 is 1.47 bits per heavy atom. The Morgan fingerprint density at radius 3 is 2.29 bits per heavy atom. The fraction of sp³-hybridized carbons (Fsp3) is 0.262.